The molecule has 0 spiro atoms. The van der Waals surface area contributed by atoms with E-state index in [1.54, 1.807) is 24.1 Å². The largest absolute Gasteiger partial charge is 0.467 e. The normalized spacial score (nSPS) is 20.0. The first-order valence-corrected chi connectivity index (χ1v) is 8.87. The van der Waals surface area contributed by atoms with Crippen molar-refractivity contribution in [2.45, 2.75) is 25.6 Å². The van der Waals surface area contributed by atoms with Crippen molar-refractivity contribution in [2.24, 2.45) is 0 Å². The Labute approximate surface area is 158 Å². The molecule has 1 N–H and O–H groups in total. The van der Waals surface area contributed by atoms with Crippen LogP contribution in [0.2, 0.25) is 0 Å². The molecule has 1 aromatic carbocycles. The lowest BCUT2D eigenvalue weighted by Crippen LogP contribution is -2.54. The van der Waals surface area contributed by atoms with Crippen LogP contribution in [0.1, 0.15) is 22.9 Å². The Morgan fingerprint density at radius 2 is 2.07 bits per heavy atom. The van der Waals surface area contributed by atoms with Gasteiger partial charge in [0, 0.05) is 13.6 Å². The Morgan fingerprint density at radius 3 is 2.74 bits per heavy atom. The van der Waals surface area contributed by atoms with Crippen LogP contribution in [0.3, 0.4) is 0 Å². The number of amides is 2. The number of carbonyl (C=O) groups is 2. The number of morpholine rings is 1. The van der Waals surface area contributed by atoms with Gasteiger partial charge in [-0.25, -0.2) is 0 Å². The smallest absolute Gasteiger partial charge is 0.254 e. The first-order valence-electron chi connectivity index (χ1n) is 8.87. The van der Waals surface area contributed by atoms with E-state index in [-0.39, 0.29) is 38.1 Å². The van der Waals surface area contributed by atoms with Gasteiger partial charge in [-0.1, -0.05) is 24.3 Å². The molecule has 2 atom stereocenters. The zero-order valence-corrected chi connectivity index (χ0v) is 15.5. The number of aliphatic hydroxyl groups is 1. The summed E-state index contributed by atoms with van der Waals surface area (Å²) in [5.41, 5.74) is 1.85. The summed E-state index contributed by atoms with van der Waals surface area (Å²) in [5.74, 6) is 0.157. The van der Waals surface area contributed by atoms with E-state index in [9.17, 15) is 14.7 Å². The second-order valence-corrected chi connectivity index (χ2v) is 6.60. The van der Waals surface area contributed by atoms with E-state index in [2.05, 4.69) is 0 Å². The predicted molar refractivity (Wildman–Crippen MR) is 97.6 cm³/mol. The summed E-state index contributed by atoms with van der Waals surface area (Å²) in [7, 11) is 1.69. The van der Waals surface area contributed by atoms with Gasteiger partial charge in [-0.15, -0.1) is 0 Å². The standard InChI is InChI=1S/C20H24N2O5/c1-14-6-3-4-8-16(14)18-19(27-13-17(24)21(18)2)20(25)22(9-10-23)12-15-7-5-11-26-15/h3-8,11,18-19,23H,9-10,12-13H2,1-2H3/t18-,19+/m1/s1. The minimum absolute atomic E-state index is 0.150. The number of carbonyl (C=O) groups excluding carboxylic acids is 2. The SMILES string of the molecule is Cc1ccccc1[C@@H]1[C@@H](C(=O)N(CCO)Cc2ccco2)OCC(=O)N1C. The number of hydrogen-bond acceptors (Lipinski definition) is 5. The Bertz CT molecular complexity index is 789. The predicted octanol–water partition coefficient (Wildman–Crippen LogP) is 1.51. The van der Waals surface area contributed by atoms with Crippen molar-refractivity contribution in [3.8, 4) is 0 Å². The average molecular weight is 372 g/mol. The van der Waals surface area contributed by atoms with E-state index in [0.717, 1.165) is 11.1 Å². The lowest BCUT2D eigenvalue weighted by molar-refractivity contribution is -0.168. The van der Waals surface area contributed by atoms with Crippen molar-refractivity contribution < 1.29 is 23.8 Å². The lowest BCUT2D eigenvalue weighted by atomic mass is 9.93. The fourth-order valence-corrected chi connectivity index (χ4v) is 3.37. The van der Waals surface area contributed by atoms with E-state index in [4.69, 9.17) is 9.15 Å². The van der Waals surface area contributed by atoms with Gasteiger partial charge in [0.1, 0.15) is 12.4 Å². The molecule has 0 unspecified atom stereocenters. The zero-order valence-electron chi connectivity index (χ0n) is 15.5. The van der Waals surface area contributed by atoms with Gasteiger partial charge in [-0.3, -0.25) is 9.59 Å². The van der Waals surface area contributed by atoms with Gasteiger partial charge < -0.3 is 24.1 Å². The average Bonchev–Trinajstić information content (AvgIpc) is 3.17. The maximum absolute atomic E-state index is 13.3. The van der Waals surface area contributed by atoms with Crippen LogP contribution in [0.4, 0.5) is 0 Å². The van der Waals surface area contributed by atoms with Gasteiger partial charge >= 0.3 is 0 Å². The first kappa shape index (κ1) is 19.1. The molecular formula is C20H24N2O5. The summed E-state index contributed by atoms with van der Waals surface area (Å²) in [6.07, 6.45) is 0.687. The van der Waals surface area contributed by atoms with Crippen LogP contribution in [-0.4, -0.2) is 59.6 Å². The number of nitrogens with zero attached hydrogens (tertiary/aromatic N) is 2. The molecule has 1 saturated heterocycles. The number of hydrogen-bond donors (Lipinski definition) is 1. The highest BCUT2D eigenvalue weighted by atomic mass is 16.5. The van der Waals surface area contributed by atoms with Crippen LogP contribution in [0.15, 0.2) is 47.1 Å². The molecule has 1 aliphatic rings. The van der Waals surface area contributed by atoms with Crippen LogP contribution in [0.25, 0.3) is 0 Å². The fraction of sp³-hybridized carbons (Fsp3) is 0.400. The van der Waals surface area contributed by atoms with E-state index >= 15 is 0 Å². The molecule has 7 nitrogen and oxygen atoms in total. The Balaban J connectivity index is 1.91. The summed E-state index contributed by atoms with van der Waals surface area (Å²) in [4.78, 5) is 28.6. The number of aryl methyl sites for hydroxylation is 1. The number of furan rings is 1. The minimum atomic E-state index is -0.852. The molecule has 27 heavy (non-hydrogen) atoms. The van der Waals surface area contributed by atoms with Crippen LogP contribution < -0.4 is 0 Å². The second-order valence-electron chi connectivity index (χ2n) is 6.60. The summed E-state index contributed by atoms with van der Waals surface area (Å²) in [6.45, 7) is 1.99. The van der Waals surface area contributed by atoms with Gasteiger partial charge in [0.05, 0.1) is 25.5 Å². The number of ether oxygens (including phenoxy) is 1. The molecule has 2 heterocycles. The zero-order chi connectivity index (χ0) is 19.4. The molecule has 144 valence electrons. The van der Waals surface area contributed by atoms with E-state index < -0.39 is 12.1 Å². The van der Waals surface area contributed by atoms with E-state index in [1.807, 2.05) is 31.2 Å². The Kier molecular flexibility index (Phi) is 5.93. The van der Waals surface area contributed by atoms with Crippen molar-refractivity contribution in [1.82, 2.24) is 9.80 Å². The Morgan fingerprint density at radius 1 is 1.30 bits per heavy atom. The van der Waals surface area contributed by atoms with Gasteiger partial charge in [0.25, 0.3) is 5.91 Å². The maximum atomic E-state index is 13.3. The summed E-state index contributed by atoms with van der Waals surface area (Å²) >= 11 is 0. The van der Waals surface area contributed by atoms with Gasteiger partial charge in [-0.05, 0) is 30.2 Å². The monoisotopic (exact) mass is 372 g/mol. The van der Waals surface area contributed by atoms with Gasteiger partial charge in [0.2, 0.25) is 5.91 Å². The highest BCUT2D eigenvalue weighted by Gasteiger charge is 2.42. The molecule has 0 radical (unpaired) electrons. The number of benzene rings is 1. The van der Waals surface area contributed by atoms with Crippen LogP contribution >= 0.6 is 0 Å². The summed E-state index contributed by atoms with van der Waals surface area (Å²) in [6, 6.07) is 10.6. The molecule has 0 saturated carbocycles. The van der Waals surface area contributed by atoms with Crippen molar-refractivity contribution in [1.29, 1.82) is 0 Å². The third-order valence-electron chi connectivity index (χ3n) is 4.84. The lowest BCUT2D eigenvalue weighted by Gasteiger charge is -2.40. The maximum Gasteiger partial charge on any atom is 0.254 e. The fourth-order valence-electron chi connectivity index (χ4n) is 3.37. The highest BCUT2D eigenvalue weighted by molar-refractivity contribution is 5.86. The minimum Gasteiger partial charge on any atom is -0.467 e. The van der Waals surface area contributed by atoms with Crippen molar-refractivity contribution in [3.63, 3.8) is 0 Å². The van der Waals surface area contributed by atoms with Crippen LogP contribution in [-0.2, 0) is 20.9 Å². The molecular weight excluding hydrogens is 348 g/mol. The van der Waals surface area contributed by atoms with E-state index in [0.29, 0.717) is 5.76 Å². The molecule has 0 bridgehead atoms. The molecule has 2 amide bonds. The quantitative estimate of drug-likeness (QED) is 0.831. The van der Waals surface area contributed by atoms with Crippen molar-refractivity contribution in [2.75, 3.05) is 26.8 Å². The third-order valence-corrected chi connectivity index (χ3v) is 4.84. The van der Waals surface area contributed by atoms with Crippen molar-refractivity contribution in [3.05, 3.63) is 59.5 Å². The molecule has 0 aliphatic carbocycles. The molecule has 1 fully saturated rings. The molecule has 3 rings (SSSR count). The second kappa shape index (κ2) is 8.37. The molecule has 1 aromatic heterocycles. The topological polar surface area (TPSA) is 83.2 Å². The molecule has 7 heteroatoms. The van der Waals surface area contributed by atoms with Crippen molar-refractivity contribution >= 4 is 11.8 Å². The first-order chi connectivity index (χ1) is 13.0. The van der Waals surface area contributed by atoms with E-state index in [1.165, 1.54) is 11.2 Å². The number of rotatable bonds is 6. The van der Waals surface area contributed by atoms with Crippen LogP contribution in [0, 0.1) is 6.92 Å². The summed E-state index contributed by atoms with van der Waals surface area (Å²) < 4.78 is 11.0. The Hall–Kier alpha value is -2.64. The number of likely N-dealkylation sites (N-methyl/N-ethyl adjacent to an activating group) is 1. The third kappa shape index (κ3) is 4.04. The van der Waals surface area contributed by atoms with Gasteiger partial charge in [-0.2, -0.15) is 0 Å². The van der Waals surface area contributed by atoms with Crippen LogP contribution in [0.5, 0.6) is 0 Å². The number of aliphatic hydroxyl groups excluding tert-OH is 1. The molecule has 1 aliphatic heterocycles. The summed E-state index contributed by atoms with van der Waals surface area (Å²) in [5, 5.41) is 9.40. The van der Waals surface area contributed by atoms with Gasteiger partial charge in [0.15, 0.2) is 6.10 Å². The molecule has 2 aromatic rings. The highest BCUT2D eigenvalue weighted by Crippen LogP contribution is 2.32.